The van der Waals surface area contributed by atoms with E-state index in [1.165, 1.54) is 0 Å². The Balaban J connectivity index is 2.08. The summed E-state index contributed by atoms with van der Waals surface area (Å²) in [6.07, 6.45) is 4.62. The van der Waals surface area contributed by atoms with Crippen molar-refractivity contribution < 1.29 is 9.53 Å². The van der Waals surface area contributed by atoms with Crippen LogP contribution in [0.1, 0.15) is 20.3 Å². The first-order valence-corrected chi connectivity index (χ1v) is 5.61. The van der Waals surface area contributed by atoms with Crippen LogP contribution in [0.4, 0.5) is 0 Å². The highest BCUT2D eigenvalue weighted by atomic mass is 16.5. The maximum absolute atomic E-state index is 11.3. The standard InChI is InChI=1S/C11H19N3O2/c1-3-16-11(15)10(2)12-6-4-8-14-9-5-7-13-14/h5,7,9-10,12H,3-4,6,8H2,1-2H3. The fourth-order valence-electron chi connectivity index (χ4n) is 1.34. The van der Waals surface area contributed by atoms with Crippen LogP contribution in [0.5, 0.6) is 0 Å². The summed E-state index contributed by atoms with van der Waals surface area (Å²) in [5.74, 6) is -0.193. The second kappa shape index (κ2) is 7.00. The third-order valence-electron chi connectivity index (χ3n) is 2.21. The summed E-state index contributed by atoms with van der Waals surface area (Å²) < 4.78 is 6.76. The molecule has 90 valence electrons. The predicted molar refractivity (Wildman–Crippen MR) is 60.9 cm³/mol. The minimum absolute atomic E-state index is 0.193. The molecule has 0 amide bonds. The van der Waals surface area contributed by atoms with Gasteiger partial charge in [-0.2, -0.15) is 5.10 Å². The first-order valence-electron chi connectivity index (χ1n) is 5.61. The molecule has 0 saturated heterocycles. The van der Waals surface area contributed by atoms with Crippen molar-refractivity contribution in [2.24, 2.45) is 0 Å². The molecule has 1 unspecified atom stereocenters. The van der Waals surface area contributed by atoms with Crippen molar-refractivity contribution in [2.75, 3.05) is 13.2 Å². The van der Waals surface area contributed by atoms with Crippen LogP contribution in [-0.4, -0.2) is 34.9 Å². The number of aryl methyl sites for hydroxylation is 1. The summed E-state index contributed by atoms with van der Waals surface area (Å²) in [7, 11) is 0. The number of aromatic nitrogens is 2. The third-order valence-corrected chi connectivity index (χ3v) is 2.21. The van der Waals surface area contributed by atoms with E-state index in [2.05, 4.69) is 10.4 Å². The van der Waals surface area contributed by atoms with Gasteiger partial charge in [0.05, 0.1) is 6.61 Å². The van der Waals surface area contributed by atoms with Gasteiger partial charge in [0.25, 0.3) is 0 Å². The molecule has 1 atom stereocenters. The van der Waals surface area contributed by atoms with Crippen LogP contribution in [-0.2, 0) is 16.1 Å². The molecule has 1 heterocycles. The minimum Gasteiger partial charge on any atom is -0.465 e. The molecule has 1 rings (SSSR count). The second-order valence-corrected chi connectivity index (χ2v) is 3.55. The van der Waals surface area contributed by atoms with Crippen molar-refractivity contribution in [1.82, 2.24) is 15.1 Å². The molecule has 0 aliphatic carbocycles. The highest BCUT2D eigenvalue weighted by Gasteiger charge is 2.11. The van der Waals surface area contributed by atoms with Crippen LogP contribution < -0.4 is 5.32 Å². The number of hydrogen-bond acceptors (Lipinski definition) is 4. The molecule has 0 aliphatic rings. The number of esters is 1. The van der Waals surface area contributed by atoms with Crippen molar-refractivity contribution in [3.05, 3.63) is 18.5 Å². The number of rotatable bonds is 7. The molecule has 1 aromatic heterocycles. The van der Waals surface area contributed by atoms with Gasteiger partial charge in [0.2, 0.25) is 0 Å². The number of ether oxygens (including phenoxy) is 1. The lowest BCUT2D eigenvalue weighted by atomic mass is 10.3. The average Bonchev–Trinajstić information content (AvgIpc) is 2.77. The lowest BCUT2D eigenvalue weighted by molar-refractivity contribution is -0.145. The molecule has 5 nitrogen and oxygen atoms in total. The van der Waals surface area contributed by atoms with Gasteiger partial charge >= 0.3 is 5.97 Å². The molecule has 0 spiro atoms. The monoisotopic (exact) mass is 225 g/mol. The number of carbonyl (C=O) groups is 1. The Bertz CT molecular complexity index is 298. The zero-order valence-corrected chi connectivity index (χ0v) is 9.85. The quantitative estimate of drug-likeness (QED) is 0.551. The molecule has 1 aromatic rings. The van der Waals surface area contributed by atoms with Gasteiger partial charge in [-0.05, 0) is 32.9 Å². The summed E-state index contributed by atoms with van der Waals surface area (Å²) >= 11 is 0. The molecule has 5 heteroatoms. The summed E-state index contributed by atoms with van der Waals surface area (Å²) in [6, 6.07) is 1.66. The largest absolute Gasteiger partial charge is 0.465 e. The van der Waals surface area contributed by atoms with Crippen LogP contribution in [0, 0.1) is 0 Å². The maximum atomic E-state index is 11.3. The van der Waals surface area contributed by atoms with Gasteiger partial charge in [-0.1, -0.05) is 0 Å². The van der Waals surface area contributed by atoms with Crippen molar-refractivity contribution in [1.29, 1.82) is 0 Å². The first-order chi connectivity index (χ1) is 7.74. The Labute approximate surface area is 95.8 Å². The van der Waals surface area contributed by atoms with Gasteiger partial charge < -0.3 is 10.1 Å². The Morgan fingerprint density at radius 1 is 1.62 bits per heavy atom. The van der Waals surface area contributed by atoms with Crippen molar-refractivity contribution in [3.63, 3.8) is 0 Å². The molecule has 16 heavy (non-hydrogen) atoms. The summed E-state index contributed by atoms with van der Waals surface area (Å²) in [5, 5.41) is 7.21. The lowest BCUT2D eigenvalue weighted by Gasteiger charge is -2.12. The minimum atomic E-state index is -0.238. The smallest absolute Gasteiger partial charge is 0.322 e. The van der Waals surface area contributed by atoms with Crippen LogP contribution in [0.2, 0.25) is 0 Å². The second-order valence-electron chi connectivity index (χ2n) is 3.55. The van der Waals surface area contributed by atoms with E-state index in [0.717, 1.165) is 19.5 Å². The van der Waals surface area contributed by atoms with E-state index < -0.39 is 0 Å². The summed E-state index contributed by atoms with van der Waals surface area (Å²) in [6.45, 7) is 5.68. The fraction of sp³-hybridized carbons (Fsp3) is 0.636. The Kier molecular flexibility index (Phi) is 5.56. The fourth-order valence-corrected chi connectivity index (χ4v) is 1.34. The highest BCUT2D eigenvalue weighted by molar-refractivity contribution is 5.75. The Hall–Kier alpha value is -1.36. The summed E-state index contributed by atoms with van der Waals surface area (Å²) in [5.41, 5.74) is 0. The zero-order valence-electron chi connectivity index (χ0n) is 9.85. The number of nitrogens with zero attached hydrogens (tertiary/aromatic N) is 2. The molecule has 0 fully saturated rings. The van der Waals surface area contributed by atoms with E-state index in [1.54, 1.807) is 6.20 Å². The van der Waals surface area contributed by atoms with Gasteiger partial charge in [0.15, 0.2) is 0 Å². The molecule has 0 bridgehead atoms. The van der Waals surface area contributed by atoms with E-state index in [-0.39, 0.29) is 12.0 Å². The van der Waals surface area contributed by atoms with E-state index in [0.29, 0.717) is 6.61 Å². The van der Waals surface area contributed by atoms with E-state index >= 15 is 0 Å². The Morgan fingerprint density at radius 2 is 2.44 bits per heavy atom. The van der Waals surface area contributed by atoms with Crippen molar-refractivity contribution >= 4 is 5.97 Å². The Morgan fingerprint density at radius 3 is 3.06 bits per heavy atom. The maximum Gasteiger partial charge on any atom is 0.322 e. The van der Waals surface area contributed by atoms with Crippen molar-refractivity contribution in [3.8, 4) is 0 Å². The normalized spacial score (nSPS) is 12.4. The summed E-state index contributed by atoms with van der Waals surface area (Å²) in [4.78, 5) is 11.3. The van der Waals surface area contributed by atoms with Gasteiger partial charge in [-0.25, -0.2) is 0 Å². The van der Waals surface area contributed by atoms with Crippen LogP contribution in [0.3, 0.4) is 0 Å². The van der Waals surface area contributed by atoms with Crippen LogP contribution in [0.15, 0.2) is 18.5 Å². The topological polar surface area (TPSA) is 56.1 Å². The predicted octanol–water partition coefficient (Wildman–Crippen LogP) is 0.814. The highest BCUT2D eigenvalue weighted by Crippen LogP contribution is 1.91. The first kappa shape index (κ1) is 12.7. The molecular weight excluding hydrogens is 206 g/mol. The molecule has 1 N–H and O–H groups in total. The van der Waals surface area contributed by atoms with Gasteiger partial charge in [0, 0.05) is 18.9 Å². The average molecular weight is 225 g/mol. The van der Waals surface area contributed by atoms with E-state index in [1.807, 2.05) is 30.8 Å². The zero-order chi connectivity index (χ0) is 11.8. The number of hydrogen-bond donors (Lipinski definition) is 1. The molecular formula is C11H19N3O2. The van der Waals surface area contributed by atoms with Gasteiger partial charge in [-0.3, -0.25) is 9.48 Å². The van der Waals surface area contributed by atoms with Crippen LogP contribution in [0.25, 0.3) is 0 Å². The SMILES string of the molecule is CCOC(=O)C(C)NCCCn1cccn1. The number of carbonyl (C=O) groups excluding carboxylic acids is 1. The molecule has 0 aliphatic heterocycles. The van der Waals surface area contributed by atoms with E-state index in [4.69, 9.17) is 4.74 Å². The molecule has 0 saturated carbocycles. The molecule has 0 aromatic carbocycles. The lowest BCUT2D eigenvalue weighted by Crippen LogP contribution is -2.36. The third kappa shape index (κ3) is 4.44. The van der Waals surface area contributed by atoms with E-state index in [9.17, 15) is 4.79 Å². The number of nitrogens with one attached hydrogen (secondary N) is 1. The van der Waals surface area contributed by atoms with Crippen molar-refractivity contribution in [2.45, 2.75) is 32.9 Å². The molecule has 0 radical (unpaired) electrons. The van der Waals surface area contributed by atoms with Crippen LogP contribution >= 0.6 is 0 Å². The van der Waals surface area contributed by atoms with Gasteiger partial charge in [-0.15, -0.1) is 0 Å². The van der Waals surface area contributed by atoms with Gasteiger partial charge in [0.1, 0.15) is 6.04 Å².